The van der Waals surface area contributed by atoms with Crippen LogP contribution in [0.15, 0.2) is 24.5 Å². The fraction of sp³-hybridized carbons (Fsp3) is 0. The van der Waals surface area contributed by atoms with Crippen molar-refractivity contribution in [2.45, 2.75) is 0 Å². The molecule has 0 bridgehead atoms. The largest absolute Gasteiger partial charge is 0.478 e. The van der Waals surface area contributed by atoms with Crippen molar-refractivity contribution in [1.29, 1.82) is 0 Å². The van der Waals surface area contributed by atoms with E-state index in [-0.39, 0.29) is 28.5 Å². The second kappa shape index (κ2) is 5.89. The van der Waals surface area contributed by atoms with Gasteiger partial charge in [0.1, 0.15) is 23.7 Å². The van der Waals surface area contributed by atoms with E-state index in [0.717, 1.165) is 12.1 Å². The molecule has 0 aliphatic rings. The number of carbonyl (C=O) groups is 2. The Bertz CT molecular complexity index is 1070. The Morgan fingerprint density at radius 2 is 2.12 bits per heavy atom. The topological polar surface area (TPSA) is 136 Å². The summed E-state index contributed by atoms with van der Waals surface area (Å²) in [5, 5.41) is 15.3. The van der Waals surface area contributed by atoms with Gasteiger partial charge in [0.05, 0.1) is 16.8 Å². The van der Waals surface area contributed by atoms with Crippen LogP contribution in [0.4, 0.5) is 15.9 Å². The molecule has 25 heavy (non-hydrogen) atoms. The van der Waals surface area contributed by atoms with Crippen molar-refractivity contribution in [3.8, 4) is 12.3 Å². The zero-order valence-corrected chi connectivity index (χ0v) is 12.4. The number of carboxylic acids is 1. The number of amides is 1. The fourth-order valence-electron chi connectivity index (χ4n) is 2.10. The number of carbonyl (C=O) groups excluding carboxylic acids is 1. The van der Waals surface area contributed by atoms with Gasteiger partial charge in [0.25, 0.3) is 11.7 Å². The summed E-state index contributed by atoms with van der Waals surface area (Å²) < 4.78 is 14.9. The number of aromatic carboxylic acids is 1. The lowest BCUT2D eigenvalue weighted by atomic mass is 10.1. The van der Waals surface area contributed by atoms with Crippen LogP contribution in [0.3, 0.4) is 0 Å². The highest BCUT2D eigenvalue weighted by molar-refractivity contribution is 6.07. The molecule has 3 aromatic rings. The molecular formula is C15H9FN6O3. The van der Waals surface area contributed by atoms with E-state index in [4.69, 9.17) is 17.3 Å². The van der Waals surface area contributed by atoms with Gasteiger partial charge >= 0.3 is 5.97 Å². The molecule has 4 N–H and O–H groups in total. The Kier molecular flexibility index (Phi) is 3.74. The number of nitrogens with two attached hydrogens (primary N) is 1. The number of anilines is 2. The van der Waals surface area contributed by atoms with Crippen molar-refractivity contribution >= 4 is 29.2 Å². The first kappa shape index (κ1) is 15.9. The van der Waals surface area contributed by atoms with Crippen LogP contribution in [0.2, 0.25) is 0 Å². The number of fused-ring (bicyclic) bond motifs is 1. The van der Waals surface area contributed by atoms with Crippen LogP contribution in [0.1, 0.15) is 26.4 Å². The fourth-order valence-corrected chi connectivity index (χ4v) is 2.10. The van der Waals surface area contributed by atoms with Crippen molar-refractivity contribution in [1.82, 2.24) is 19.6 Å². The number of aromatic nitrogens is 4. The van der Waals surface area contributed by atoms with E-state index in [1.807, 2.05) is 0 Å². The van der Waals surface area contributed by atoms with Crippen LogP contribution in [0.5, 0.6) is 0 Å². The molecule has 124 valence electrons. The second-order valence-corrected chi connectivity index (χ2v) is 4.82. The van der Waals surface area contributed by atoms with Crippen molar-refractivity contribution < 1.29 is 19.1 Å². The molecule has 0 aliphatic carbocycles. The predicted octanol–water partition coefficient (Wildman–Crippen LogP) is 0.777. The van der Waals surface area contributed by atoms with Crippen LogP contribution in [-0.2, 0) is 0 Å². The van der Waals surface area contributed by atoms with Gasteiger partial charge < -0.3 is 16.2 Å². The Balaban J connectivity index is 2.02. The number of nitrogen functional groups attached to an aromatic ring is 1. The zero-order valence-electron chi connectivity index (χ0n) is 12.4. The maximum atomic E-state index is 13.7. The lowest BCUT2D eigenvalue weighted by Crippen LogP contribution is -2.18. The quantitative estimate of drug-likeness (QED) is 0.599. The number of nitrogens with zero attached hydrogens (tertiary/aromatic N) is 4. The minimum atomic E-state index is -1.43. The van der Waals surface area contributed by atoms with Crippen molar-refractivity contribution in [2.75, 3.05) is 11.1 Å². The predicted molar refractivity (Wildman–Crippen MR) is 84.4 cm³/mol. The summed E-state index contributed by atoms with van der Waals surface area (Å²) in [6.07, 6.45) is 6.37. The van der Waals surface area contributed by atoms with Crippen molar-refractivity contribution in [3.05, 3.63) is 47.2 Å². The van der Waals surface area contributed by atoms with Gasteiger partial charge in [0.15, 0.2) is 0 Å². The lowest BCUT2D eigenvalue weighted by Gasteiger charge is -2.10. The zero-order chi connectivity index (χ0) is 18.1. The SMILES string of the molecule is C#Cc1cc(NC(=O)c2cc(N)n3ncnc3n2)c(C(=O)O)cc1F. The van der Waals surface area contributed by atoms with Gasteiger partial charge in [-0.2, -0.15) is 14.6 Å². The van der Waals surface area contributed by atoms with Gasteiger partial charge in [-0.15, -0.1) is 6.42 Å². The highest BCUT2D eigenvalue weighted by Crippen LogP contribution is 2.21. The summed E-state index contributed by atoms with van der Waals surface area (Å²) in [4.78, 5) is 31.4. The summed E-state index contributed by atoms with van der Waals surface area (Å²) in [5.74, 6) is -0.822. The maximum absolute atomic E-state index is 13.7. The standard InChI is InChI=1S/C15H9FN6O3/c1-2-7-3-10(8(14(24)25)4-9(7)16)20-13(23)11-5-12(17)22-15(21-11)18-6-19-22/h1,3-6H,17H2,(H,20,23)(H,24,25). The Labute approximate surface area is 139 Å². The summed E-state index contributed by atoms with van der Waals surface area (Å²) in [6, 6.07) is 3.02. The highest BCUT2D eigenvalue weighted by Gasteiger charge is 2.19. The first-order valence-electron chi connectivity index (χ1n) is 6.71. The van der Waals surface area contributed by atoms with Crippen LogP contribution in [0.25, 0.3) is 5.78 Å². The Morgan fingerprint density at radius 3 is 2.80 bits per heavy atom. The average molecular weight is 340 g/mol. The summed E-state index contributed by atoms with van der Waals surface area (Å²) >= 11 is 0. The molecule has 0 atom stereocenters. The van der Waals surface area contributed by atoms with Gasteiger partial charge in [0.2, 0.25) is 0 Å². The summed E-state index contributed by atoms with van der Waals surface area (Å²) in [5.41, 5.74) is 4.80. The van der Waals surface area contributed by atoms with E-state index in [2.05, 4.69) is 26.3 Å². The van der Waals surface area contributed by atoms with Gasteiger partial charge in [-0.3, -0.25) is 4.79 Å². The monoisotopic (exact) mass is 340 g/mol. The van der Waals surface area contributed by atoms with Crippen LogP contribution in [-0.4, -0.2) is 36.6 Å². The molecule has 2 heterocycles. The Morgan fingerprint density at radius 1 is 1.36 bits per heavy atom. The number of halogens is 1. The first-order valence-corrected chi connectivity index (χ1v) is 6.71. The molecule has 9 nitrogen and oxygen atoms in total. The second-order valence-electron chi connectivity index (χ2n) is 4.82. The molecule has 1 aromatic carbocycles. The van der Waals surface area contributed by atoms with Gasteiger partial charge in [0, 0.05) is 6.07 Å². The lowest BCUT2D eigenvalue weighted by molar-refractivity contribution is 0.0697. The molecule has 0 spiro atoms. The average Bonchev–Trinajstić information content (AvgIpc) is 3.04. The number of hydrogen-bond donors (Lipinski definition) is 3. The van der Waals surface area contributed by atoms with E-state index in [1.54, 1.807) is 0 Å². The molecular weight excluding hydrogens is 331 g/mol. The van der Waals surface area contributed by atoms with Crippen LogP contribution < -0.4 is 11.1 Å². The minimum Gasteiger partial charge on any atom is -0.478 e. The third-order valence-corrected chi connectivity index (χ3v) is 3.25. The maximum Gasteiger partial charge on any atom is 0.337 e. The van der Waals surface area contributed by atoms with E-state index >= 15 is 0 Å². The number of nitrogens with one attached hydrogen (secondary N) is 1. The van der Waals surface area contributed by atoms with Gasteiger partial charge in [-0.1, -0.05) is 5.92 Å². The molecule has 0 unspecified atom stereocenters. The third kappa shape index (κ3) is 2.81. The van der Waals surface area contributed by atoms with Crippen molar-refractivity contribution in [2.24, 2.45) is 0 Å². The molecule has 0 radical (unpaired) electrons. The third-order valence-electron chi connectivity index (χ3n) is 3.25. The summed E-state index contributed by atoms with van der Waals surface area (Å²) in [7, 11) is 0. The molecule has 10 heteroatoms. The van der Waals surface area contributed by atoms with Crippen molar-refractivity contribution in [3.63, 3.8) is 0 Å². The van der Waals surface area contributed by atoms with Crippen LogP contribution >= 0.6 is 0 Å². The first-order chi connectivity index (χ1) is 11.9. The highest BCUT2D eigenvalue weighted by atomic mass is 19.1. The molecule has 2 aromatic heterocycles. The van der Waals surface area contributed by atoms with Crippen LogP contribution in [0, 0.1) is 18.2 Å². The van der Waals surface area contributed by atoms with Gasteiger partial charge in [-0.25, -0.2) is 14.2 Å². The van der Waals surface area contributed by atoms with E-state index in [9.17, 15) is 14.0 Å². The smallest absolute Gasteiger partial charge is 0.337 e. The number of carboxylic acid groups (broad SMARTS) is 1. The summed E-state index contributed by atoms with van der Waals surface area (Å²) in [6.45, 7) is 0. The van der Waals surface area contributed by atoms with E-state index in [1.165, 1.54) is 16.9 Å². The van der Waals surface area contributed by atoms with E-state index in [0.29, 0.717) is 0 Å². The Hall–Kier alpha value is -4.00. The minimum absolute atomic E-state index is 0.0898. The number of rotatable bonds is 3. The molecule has 3 rings (SSSR count). The molecule has 0 saturated heterocycles. The number of terminal acetylenes is 1. The molecule has 0 aliphatic heterocycles. The number of hydrogen-bond acceptors (Lipinski definition) is 6. The molecule has 0 fully saturated rings. The molecule has 0 saturated carbocycles. The molecule has 1 amide bonds. The normalized spacial score (nSPS) is 10.4. The number of benzene rings is 1. The van der Waals surface area contributed by atoms with Gasteiger partial charge in [-0.05, 0) is 12.1 Å². The van der Waals surface area contributed by atoms with E-state index < -0.39 is 23.3 Å².